The van der Waals surface area contributed by atoms with E-state index in [0.29, 0.717) is 35.7 Å². The second-order valence-electron chi connectivity index (χ2n) is 6.33. The molecular formula is C20H23N3O3. The summed E-state index contributed by atoms with van der Waals surface area (Å²) < 4.78 is 5.25. The zero-order valence-corrected chi connectivity index (χ0v) is 15.1. The fourth-order valence-electron chi connectivity index (χ4n) is 2.93. The van der Waals surface area contributed by atoms with Crippen LogP contribution >= 0.6 is 0 Å². The van der Waals surface area contributed by atoms with E-state index in [1.54, 1.807) is 43.5 Å². The number of hydrogen-bond acceptors (Lipinski definition) is 4. The molecule has 1 aliphatic heterocycles. The molecule has 0 aliphatic carbocycles. The first-order valence-corrected chi connectivity index (χ1v) is 8.61. The standard InChI is InChI=1S/C20H23N3O3/c1-22-10-12-23(13-11-22)20(25)16-7-5-6-15(14-16)19(24)21-17-8-3-4-9-18(17)26-2/h3-9,14H,10-13H2,1-2H3,(H,21,24). The lowest BCUT2D eigenvalue weighted by atomic mass is 10.1. The van der Waals surface area contributed by atoms with E-state index in [0.717, 1.165) is 13.1 Å². The van der Waals surface area contributed by atoms with Crippen LogP contribution in [0.5, 0.6) is 5.75 Å². The fraction of sp³-hybridized carbons (Fsp3) is 0.300. The van der Waals surface area contributed by atoms with Crippen LogP contribution in [0.15, 0.2) is 48.5 Å². The predicted molar refractivity (Wildman–Crippen MR) is 101 cm³/mol. The van der Waals surface area contributed by atoms with Gasteiger partial charge in [0.25, 0.3) is 11.8 Å². The summed E-state index contributed by atoms with van der Waals surface area (Å²) in [6.07, 6.45) is 0. The zero-order chi connectivity index (χ0) is 18.5. The molecule has 1 heterocycles. The van der Waals surface area contributed by atoms with Crippen LogP contribution in [-0.4, -0.2) is 62.0 Å². The van der Waals surface area contributed by atoms with Crippen molar-refractivity contribution < 1.29 is 14.3 Å². The van der Waals surface area contributed by atoms with Crippen LogP contribution in [-0.2, 0) is 0 Å². The van der Waals surface area contributed by atoms with Crippen LogP contribution in [0.25, 0.3) is 0 Å². The van der Waals surface area contributed by atoms with Crippen LogP contribution in [0.2, 0.25) is 0 Å². The summed E-state index contributed by atoms with van der Waals surface area (Å²) in [4.78, 5) is 29.3. The predicted octanol–water partition coefficient (Wildman–Crippen LogP) is 2.34. The molecule has 0 unspecified atom stereocenters. The molecule has 0 aromatic heterocycles. The van der Waals surface area contributed by atoms with Gasteiger partial charge in [0.15, 0.2) is 0 Å². The second-order valence-corrected chi connectivity index (χ2v) is 6.33. The van der Waals surface area contributed by atoms with Gasteiger partial charge in [0.2, 0.25) is 0 Å². The number of ether oxygens (including phenoxy) is 1. The number of carbonyl (C=O) groups is 2. The van der Waals surface area contributed by atoms with E-state index < -0.39 is 0 Å². The number of para-hydroxylation sites is 2. The molecule has 0 radical (unpaired) electrons. The maximum Gasteiger partial charge on any atom is 0.255 e. The molecular weight excluding hydrogens is 330 g/mol. The van der Waals surface area contributed by atoms with Crippen LogP contribution < -0.4 is 10.1 Å². The Morgan fingerprint density at radius 3 is 2.38 bits per heavy atom. The molecule has 0 spiro atoms. The van der Waals surface area contributed by atoms with E-state index >= 15 is 0 Å². The molecule has 1 saturated heterocycles. The fourth-order valence-corrected chi connectivity index (χ4v) is 2.93. The van der Waals surface area contributed by atoms with Gasteiger partial charge in [0, 0.05) is 37.3 Å². The van der Waals surface area contributed by atoms with E-state index in [2.05, 4.69) is 10.2 Å². The van der Waals surface area contributed by atoms with E-state index in [-0.39, 0.29) is 11.8 Å². The van der Waals surface area contributed by atoms with Crippen molar-refractivity contribution in [2.45, 2.75) is 0 Å². The van der Waals surface area contributed by atoms with Gasteiger partial charge in [-0.1, -0.05) is 18.2 Å². The molecule has 0 saturated carbocycles. The molecule has 2 amide bonds. The summed E-state index contributed by atoms with van der Waals surface area (Å²) in [5.74, 6) is 0.276. The zero-order valence-electron chi connectivity index (χ0n) is 15.1. The number of anilines is 1. The summed E-state index contributed by atoms with van der Waals surface area (Å²) in [6.45, 7) is 3.12. The Balaban J connectivity index is 1.74. The normalized spacial score (nSPS) is 14.8. The van der Waals surface area contributed by atoms with Gasteiger partial charge in [0.1, 0.15) is 5.75 Å². The number of methoxy groups -OCH3 is 1. The topological polar surface area (TPSA) is 61.9 Å². The molecule has 0 bridgehead atoms. The Morgan fingerprint density at radius 2 is 1.65 bits per heavy atom. The van der Waals surface area contributed by atoms with Crippen molar-refractivity contribution in [1.29, 1.82) is 0 Å². The average Bonchev–Trinajstić information content (AvgIpc) is 2.68. The van der Waals surface area contributed by atoms with Crippen molar-refractivity contribution in [1.82, 2.24) is 9.80 Å². The number of nitrogens with one attached hydrogen (secondary N) is 1. The highest BCUT2D eigenvalue weighted by Crippen LogP contribution is 2.23. The number of hydrogen-bond donors (Lipinski definition) is 1. The molecule has 1 N–H and O–H groups in total. The minimum Gasteiger partial charge on any atom is -0.495 e. The SMILES string of the molecule is COc1ccccc1NC(=O)c1cccc(C(=O)N2CCN(C)CC2)c1. The van der Waals surface area contributed by atoms with Crippen LogP contribution in [0, 0.1) is 0 Å². The number of carbonyl (C=O) groups excluding carboxylic acids is 2. The lowest BCUT2D eigenvalue weighted by Gasteiger charge is -2.32. The Labute approximate surface area is 153 Å². The summed E-state index contributed by atoms with van der Waals surface area (Å²) >= 11 is 0. The van der Waals surface area contributed by atoms with Gasteiger partial charge in [-0.05, 0) is 37.4 Å². The lowest BCUT2D eigenvalue weighted by molar-refractivity contribution is 0.0664. The van der Waals surface area contributed by atoms with Crippen LogP contribution in [0.3, 0.4) is 0 Å². The van der Waals surface area contributed by atoms with Gasteiger partial charge in [-0.15, -0.1) is 0 Å². The van der Waals surface area contributed by atoms with Crippen molar-refractivity contribution in [3.63, 3.8) is 0 Å². The van der Waals surface area contributed by atoms with Gasteiger partial charge in [0.05, 0.1) is 12.8 Å². The van der Waals surface area contributed by atoms with E-state index in [9.17, 15) is 9.59 Å². The largest absolute Gasteiger partial charge is 0.495 e. The molecule has 1 aliphatic rings. The summed E-state index contributed by atoms with van der Waals surface area (Å²) in [6, 6.07) is 14.0. The second kappa shape index (κ2) is 8.01. The van der Waals surface area contributed by atoms with Crippen molar-refractivity contribution in [3.05, 3.63) is 59.7 Å². The molecule has 1 fully saturated rings. The quantitative estimate of drug-likeness (QED) is 0.916. The molecule has 2 aromatic carbocycles. The molecule has 3 rings (SSSR count). The smallest absolute Gasteiger partial charge is 0.255 e. The van der Waals surface area contributed by atoms with Gasteiger partial charge in [-0.25, -0.2) is 0 Å². The van der Waals surface area contributed by atoms with Crippen LogP contribution in [0.1, 0.15) is 20.7 Å². The maximum absolute atomic E-state index is 12.7. The molecule has 0 atom stereocenters. The number of nitrogens with zero attached hydrogens (tertiary/aromatic N) is 2. The highest BCUT2D eigenvalue weighted by atomic mass is 16.5. The summed E-state index contributed by atoms with van der Waals surface area (Å²) in [7, 11) is 3.60. The van der Waals surface area contributed by atoms with Crippen molar-refractivity contribution in [2.24, 2.45) is 0 Å². The first-order chi connectivity index (χ1) is 12.6. The third kappa shape index (κ3) is 4.03. The molecule has 6 nitrogen and oxygen atoms in total. The third-order valence-corrected chi connectivity index (χ3v) is 4.52. The van der Waals surface area contributed by atoms with Gasteiger partial charge < -0.3 is 19.9 Å². The van der Waals surface area contributed by atoms with Gasteiger partial charge in [-0.3, -0.25) is 9.59 Å². The number of piperazine rings is 1. The van der Waals surface area contributed by atoms with E-state index in [1.807, 2.05) is 24.1 Å². The molecule has 2 aromatic rings. The van der Waals surface area contributed by atoms with Crippen LogP contribution in [0.4, 0.5) is 5.69 Å². The number of amides is 2. The first-order valence-electron chi connectivity index (χ1n) is 8.61. The Morgan fingerprint density at radius 1 is 0.962 bits per heavy atom. The Kier molecular flexibility index (Phi) is 5.53. The molecule has 26 heavy (non-hydrogen) atoms. The Bertz CT molecular complexity index is 798. The highest BCUT2D eigenvalue weighted by Gasteiger charge is 2.21. The molecule has 6 heteroatoms. The van der Waals surface area contributed by atoms with E-state index in [1.165, 1.54) is 0 Å². The molecule has 136 valence electrons. The van der Waals surface area contributed by atoms with E-state index in [4.69, 9.17) is 4.74 Å². The third-order valence-electron chi connectivity index (χ3n) is 4.52. The number of rotatable bonds is 4. The summed E-state index contributed by atoms with van der Waals surface area (Å²) in [5.41, 5.74) is 1.56. The van der Waals surface area contributed by atoms with Crippen molar-refractivity contribution >= 4 is 17.5 Å². The monoisotopic (exact) mass is 353 g/mol. The number of benzene rings is 2. The minimum absolute atomic E-state index is 0.0370. The maximum atomic E-state index is 12.7. The first kappa shape index (κ1) is 17.9. The van der Waals surface area contributed by atoms with Gasteiger partial charge >= 0.3 is 0 Å². The van der Waals surface area contributed by atoms with Crippen molar-refractivity contribution in [3.8, 4) is 5.75 Å². The average molecular weight is 353 g/mol. The Hall–Kier alpha value is -2.86. The van der Waals surface area contributed by atoms with Crippen molar-refractivity contribution in [2.75, 3.05) is 45.7 Å². The summed E-state index contributed by atoms with van der Waals surface area (Å²) in [5, 5.41) is 2.83. The van der Waals surface area contributed by atoms with Gasteiger partial charge in [-0.2, -0.15) is 0 Å². The highest BCUT2D eigenvalue weighted by molar-refractivity contribution is 6.06. The lowest BCUT2D eigenvalue weighted by Crippen LogP contribution is -2.47. The number of likely N-dealkylation sites (N-methyl/N-ethyl adjacent to an activating group) is 1. The minimum atomic E-state index is -0.275.